The predicted octanol–water partition coefficient (Wildman–Crippen LogP) is 6.42. The summed E-state index contributed by atoms with van der Waals surface area (Å²) < 4.78 is 20.4. The summed E-state index contributed by atoms with van der Waals surface area (Å²) in [5.41, 5.74) is 4.04. The van der Waals surface area contributed by atoms with E-state index in [0.717, 1.165) is 31.3 Å². The maximum absolute atomic E-state index is 13.0. The largest absolute Gasteiger partial charge is 0.487 e. The van der Waals surface area contributed by atoms with Gasteiger partial charge in [0.15, 0.2) is 0 Å². The van der Waals surface area contributed by atoms with E-state index in [1.807, 2.05) is 42.5 Å². The van der Waals surface area contributed by atoms with Crippen LogP contribution in [0.3, 0.4) is 0 Å². The highest BCUT2D eigenvalue weighted by atomic mass is 79.9. The Morgan fingerprint density at radius 2 is 1.68 bits per heavy atom. The third kappa shape index (κ3) is 3.88. The molecule has 0 aromatic heterocycles. The molecular weight excluding hydrogens is 489 g/mol. The standard InChI is InChI=1S/C22H14Br2FNO2/c23-18-10-14(9-17-16-3-1-2-4-20(16)26-22(17)27)11-19(24)21(18)28-12-13-5-7-15(25)8-6-13/h1-11H,12H2,(H,26,27). The van der Waals surface area contributed by atoms with Crippen molar-refractivity contribution >= 4 is 55.1 Å². The van der Waals surface area contributed by atoms with E-state index in [1.54, 1.807) is 12.1 Å². The molecule has 3 aromatic carbocycles. The van der Waals surface area contributed by atoms with Crippen LogP contribution in [0.2, 0.25) is 0 Å². The van der Waals surface area contributed by atoms with Crippen molar-refractivity contribution < 1.29 is 13.9 Å². The van der Waals surface area contributed by atoms with Crippen molar-refractivity contribution in [3.8, 4) is 5.75 Å². The Hall–Kier alpha value is -2.44. The highest BCUT2D eigenvalue weighted by Gasteiger charge is 2.23. The first kappa shape index (κ1) is 18.9. The van der Waals surface area contributed by atoms with Gasteiger partial charge >= 0.3 is 0 Å². The normalized spacial score (nSPS) is 14.1. The minimum Gasteiger partial charge on any atom is -0.487 e. The summed E-state index contributed by atoms with van der Waals surface area (Å²) in [6, 6.07) is 17.6. The average molecular weight is 503 g/mol. The van der Waals surface area contributed by atoms with Gasteiger partial charge in [0.05, 0.1) is 8.95 Å². The van der Waals surface area contributed by atoms with Crippen LogP contribution in [0.15, 0.2) is 69.6 Å². The third-order valence-electron chi connectivity index (χ3n) is 4.34. The molecule has 0 saturated carbocycles. The lowest BCUT2D eigenvalue weighted by Gasteiger charge is -2.12. The van der Waals surface area contributed by atoms with Crippen molar-refractivity contribution in [1.82, 2.24) is 0 Å². The number of rotatable bonds is 4. The molecule has 28 heavy (non-hydrogen) atoms. The zero-order chi connectivity index (χ0) is 19.7. The summed E-state index contributed by atoms with van der Waals surface area (Å²) in [7, 11) is 0. The lowest BCUT2D eigenvalue weighted by Crippen LogP contribution is -2.03. The molecule has 0 saturated heterocycles. The van der Waals surface area contributed by atoms with Gasteiger partial charge in [0.1, 0.15) is 18.2 Å². The fraction of sp³-hybridized carbons (Fsp3) is 0.0455. The fourth-order valence-electron chi connectivity index (χ4n) is 2.99. The van der Waals surface area contributed by atoms with Crippen LogP contribution in [0.5, 0.6) is 5.75 Å². The summed E-state index contributed by atoms with van der Waals surface area (Å²) in [4.78, 5) is 12.3. The number of para-hydroxylation sites is 1. The quantitative estimate of drug-likeness (QED) is 0.418. The molecule has 0 bridgehead atoms. The van der Waals surface area contributed by atoms with Crippen LogP contribution in [-0.4, -0.2) is 5.91 Å². The zero-order valence-corrected chi connectivity index (χ0v) is 17.7. The van der Waals surface area contributed by atoms with Gasteiger partial charge in [0, 0.05) is 16.8 Å². The summed E-state index contributed by atoms with van der Waals surface area (Å²) in [5.74, 6) is 0.244. The molecule has 1 aliphatic heterocycles. The lowest BCUT2D eigenvalue weighted by atomic mass is 10.0. The number of benzene rings is 3. The summed E-state index contributed by atoms with van der Waals surface area (Å²) >= 11 is 7.07. The first-order valence-corrected chi connectivity index (χ1v) is 10.1. The Kier molecular flexibility index (Phi) is 5.33. The molecule has 0 aliphatic carbocycles. The number of halogens is 3. The van der Waals surface area contributed by atoms with Crippen molar-refractivity contribution in [2.75, 3.05) is 5.32 Å². The van der Waals surface area contributed by atoms with Crippen LogP contribution in [-0.2, 0) is 11.4 Å². The Morgan fingerprint density at radius 1 is 1.00 bits per heavy atom. The van der Waals surface area contributed by atoms with Crippen LogP contribution < -0.4 is 10.1 Å². The minimum atomic E-state index is -0.277. The predicted molar refractivity (Wildman–Crippen MR) is 116 cm³/mol. The summed E-state index contributed by atoms with van der Waals surface area (Å²) in [5, 5.41) is 2.87. The monoisotopic (exact) mass is 501 g/mol. The van der Waals surface area contributed by atoms with Crippen LogP contribution in [0.25, 0.3) is 11.6 Å². The molecule has 0 radical (unpaired) electrons. The van der Waals surface area contributed by atoms with E-state index in [9.17, 15) is 9.18 Å². The van der Waals surface area contributed by atoms with E-state index < -0.39 is 0 Å². The van der Waals surface area contributed by atoms with Gasteiger partial charge in [-0.15, -0.1) is 0 Å². The van der Waals surface area contributed by atoms with Gasteiger partial charge in [-0.25, -0.2) is 4.39 Å². The molecule has 0 fully saturated rings. The van der Waals surface area contributed by atoms with Gasteiger partial charge in [0.2, 0.25) is 0 Å². The second kappa shape index (κ2) is 7.89. The average Bonchev–Trinajstić information content (AvgIpc) is 2.98. The van der Waals surface area contributed by atoms with Crippen LogP contribution >= 0.6 is 31.9 Å². The van der Waals surface area contributed by atoms with Crippen LogP contribution in [0, 0.1) is 5.82 Å². The molecule has 0 unspecified atom stereocenters. The smallest absolute Gasteiger partial charge is 0.256 e. The van der Waals surface area contributed by atoms with Crippen LogP contribution in [0.1, 0.15) is 16.7 Å². The number of nitrogens with one attached hydrogen (secondary N) is 1. The first-order chi connectivity index (χ1) is 13.5. The molecule has 6 heteroatoms. The molecule has 1 aliphatic rings. The molecule has 1 amide bonds. The van der Waals surface area contributed by atoms with Crippen molar-refractivity contribution in [3.05, 3.63) is 92.1 Å². The number of carbonyl (C=O) groups excluding carboxylic acids is 1. The van der Waals surface area contributed by atoms with Gasteiger partial charge in [-0.05, 0) is 79.4 Å². The first-order valence-electron chi connectivity index (χ1n) is 8.50. The molecule has 0 spiro atoms. The highest BCUT2D eigenvalue weighted by molar-refractivity contribution is 9.11. The Morgan fingerprint density at radius 3 is 2.39 bits per heavy atom. The Labute approximate surface area is 178 Å². The maximum Gasteiger partial charge on any atom is 0.256 e. The Balaban J connectivity index is 1.59. The summed E-state index contributed by atoms with van der Waals surface area (Å²) in [6.07, 6.45) is 1.85. The number of fused-ring (bicyclic) bond motifs is 1. The topological polar surface area (TPSA) is 38.3 Å². The van der Waals surface area contributed by atoms with E-state index in [1.165, 1.54) is 12.1 Å². The molecule has 140 valence electrons. The number of hydrogen-bond acceptors (Lipinski definition) is 2. The second-order valence-corrected chi connectivity index (χ2v) is 8.00. The molecular formula is C22H14Br2FNO2. The minimum absolute atomic E-state index is 0.120. The Bertz CT molecular complexity index is 1070. The molecule has 1 N–H and O–H groups in total. The zero-order valence-electron chi connectivity index (χ0n) is 14.5. The number of anilines is 1. The van der Waals surface area contributed by atoms with Gasteiger partial charge in [-0.3, -0.25) is 4.79 Å². The molecule has 1 heterocycles. The maximum atomic E-state index is 13.0. The van der Waals surface area contributed by atoms with E-state index >= 15 is 0 Å². The van der Waals surface area contributed by atoms with Crippen molar-refractivity contribution in [3.63, 3.8) is 0 Å². The summed E-state index contributed by atoms with van der Waals surface area (Å²) in [6.45, 7) is 0.313. The number of hydrogen-bond donors (Lipinski definition) is 1. The molecule has 4 rings (SSSR count). The SMILES string of the molecule is O=C1Nc2ccccc2C1=Cc1cc(Br)c(OCc2ccc(F)cc2)c(Br)c1. The van der Waals surface area contributed by atoms with Gasteiger partial charge in [-0.2, -0.15) is 0 Å². The second-order valence-electron chi connectivity index (χ2n) is 6.29. The number of ether oxygens (including phenoxy) is 1. The van der Waals surface area contributed by atoms with E-state index in [-0.39, 0.29) is 11.7 Å². The number of amides is 1. The third-order valence-corrected chi connectivity index (χ3v) is 5.52. The van der Waals surface area contributed by atoms with Crippen molar-refractivity contribution in [2.24, 2.45) is 0 Å². The molecule has 3 nitrogen and oxygen atoms in total. The van der Waals surface area contributed by atoms with Gasteiger partial charge in [0.25, 0.3) is 5.91 Å². The van der Waals surface area contributed by atoms with E-state index in [0.29, 0.717) is 17.9 Å². The molecule has 3 aromatic rings. The fourth-order valence-corrected chi connectivity index (χ4v) is 4.44. The van der Waals surface area contributed by atoms with Crippen LogP contribution in [0.4, 0.5) is 10.1 Å². The van der Waals surface area contributed by atoms with Gasteiger partial charge in [-0.1, -0.05) is 30.3 Å². The van der Waals surface area contributed by atoms with Crippen molar-refractivity contribution in [2.45, 2.75) is 6.61 Å². The lowest BCUT2D eigenvalue weighted by molar-refractivity contribution is -0.110. The molecule has 0 atom stereocenters. The van der Waals surface area contributed by atoms with E-state index in [2.05, 4.69) is 37.2 Å². The van der Waals surface area contributed by atoms with Gasteiger partial charge < -0.3 is 10.1 Å². The van der Waals surface area contributed by atoms with E-state index in [4.69, 9.17) is 4.74 Å². The number of carbonyl (C=O) groups is 1. The highest BCUT2D eigenvalue weighted by Crippen LogP contribution is 2.38. The van der Waals surface area contributed by atoms with Crippen molar-refractivity contribution in [1.29, 1.82) is 0 Å².